The van der Waals surface area contributed by atoms with E-state index in [1.54, 1.807) is 29.2 Å². The van der Waals surface area contributed by atoms with Crippen molar-refractivity contribution in [3.05, 3.63) is 89.1 Å². The Bertz CT molecular complexity index is 2040. The molecule has 0 radical (unpaired) electrons. The number of aromatic nitrogens is 1. The zero-order valence-corrected chi connectivity index (χ0v) is 25.1. The smallest absolute Gasteiger partial charge is 0.270 e. The molecule has 1 atom stereocenters. The van der Waals surface area contributed by atoms with Gasteiger partial charge < -0.3 is 19.6 Å². The zero-order valence-electron chi connectivity index (χ0n) is 24.3. The number of anilines is 1. The van der Waals surface area contributed by atoms with Crippen LogP contribution in [0.4, 0.5) is 14.5 Å². The second kappa shape index (κ2) is 11.1. The van der Waals surface area contributed by atoms with Crippen LogP contribution in [0, 0.1) is 11.6 Å². The van der Waals surface area contributed by atoms with Crippen LogP contribution in [0.25, 0.3) is 33.2 Å². The Kier molecular flexibility index (Phi) is 7.40. The largest absolute Gasteiger partial charge is 0.455 e. The molecule has 5 aromatic rings. The minimum Gasteiger partial charge on any atom is -0.455 e. The number of carbonyl (C=O) groups is 2. The molecule has 0 unspecified atom stereocenters. The van der Waals surface area contributed by atoms with Gasteiger partial charge in [-0.1, -0.05) is 0 Å². The van der Waals surface area contributed by atoms with Gasteiger partial charge >= 0.3 is 0 Å². The molecule has 2 amide bonds. The highest BCUT2D eigenvalue weighted by atomic mass is 32.2. The fraction of sp³-hybridized carbons (Fsp3) is 0.250. The summed E-state index contributed by atoms with van der Waals surface area (Å²) in [7, 11) is -0.769. The Labute approximate surface area is 252 Å². The summed E-state index contributed by atoms with van der Waals surface area (Å²) < 4.78 is 60.3. The van der Waals surface area contributed by atoms with E-state index in [2.05, 4.69) is 10.3 Å². The van der Waals surface area contributed by atoms with Gasteiger partial charge in [0.15, 0.2) is 0 Å². The standard InChI is InChI=1S/C32H30F2N4O5S/c1-35-31(39)29-24-15-23(19-5-4-12-38(17-19)32(40)26-14-20-13-22(34)10-11-25(20)36-26)27(37(2)44(3,41)42)16-28(24)43-30(29)18-6-8-21(33)9-7-18/h6-11,13-16,19,36H,4-5,12,17H2,1-3H3,(H,35,39)/t19-/m0/s1. The molecule has 2 aromatic heterocycles. The molecule has 12 heteroatoms. The Morgan fingerprint density at radius 1 is 1.05 bits per heavy atom. The number of nitrogens with zero attached hydrogens (tertiary/aromatic N) is 2. The average Bonchev–Trinajstić information content (AvgIpc) is 3.60. The van der Waals surface area contributed by atoms with Crippen molar-refractivity contribution < 1.29 is 31.2 Å². The van der Waals surface area contributed by atoms with E-state index in [9.17, 15) is 26.8 Å². The number of amides is 2. The topological polar surface area (TPSA) is 116 Å². The maximum absolute atomic E-state index is 13.8. The lowest BCUT2D eigenvalue weighted by molar-refractivity contribution is 0.0702. The van der Waals surface area contributed by atoms with Crippen molar-refractivity contribution in [1.29, 1.82) is 0 Å². The van der Waals surface area contributed by atoms with Gasteiger partial charge in [0.05, 0.1) is 17.5 Å². The molecule has 1 aliphatic heterocycles. The zero-order chi connectivity index (χ0) is 31.3. The Balaban J connectivity index is 1.45. The van der Waals surface area contributed by atoms with Crippen molar-refractivity contribution in [2.75, 3.05) is 37.7 Å². The number of furan rings is 1. The van der Waals surface area contributed by atoms with Crippen LogP contribution in [0.15, 0.2) is 65.1 Å². The molecular weight excluding hydrogens is 590 g/mol. The van der Waals surface area contributed by atoms with Crippen LogP contribution in [0.3, 0.4) is 0 Å². The summed E-state index contributed by atoms with van der Waals surface area (Å²) >= 11 is 0. The first kappa shape index (κ1) is 29.4. The van der Waals surface area contributed by atoms with E-state index in [-0.39, 0.29) is 35.3 Å². The van der Waals surface area contributed by atoms with Gasteiger partial charge in [-0.15, -0.1) is 0 Å². The predicted octanol–water partition coefficient (Wildman–Crippen LogP) is 5.63. The summed E-state index contributed by atoms with van der Waals surface area (Å²) in [5, 5.41) is 3.69. The summed E-state index contributed by atoms with van der Waals surface area (Å²) in [4.78, 5) is 31.5. The average molecular weight is 621 g/mol. The molecule has 0 spiro atoms. The van der Waals surface area contributed by atoms with E-state index >= 15 is 0 Å². The summed E-state index contributed by atoms with van der Waals surface area (Å²) in [6.45, 7) is 0.777. The van der Waals surface area contributed by atoms with E-state index < -0.39 is 27.6 Å². The molecule has 2 N–H and O–H groups in total. The molecule has 1 aliphatic rings. The molecule has 0 aliphatic carbocycles. The van der Waals surface area contributed by atoms with Gasteiger partial charge in [0.25, 0.3) is 11.8 Å². The second-order valence-corrected chi connectivity index (χ2v) is 13.0. The highest BCUT2D eigenvalue weighted by Gasteiger charge is 2.32. The molecule has 228 valence electrons. The van der Waals surface area contributed by atoms with Crippen LogP contribution >= 0.6 is 0 Å². The van der Waals surface area contributed by atoms with Crippen molar-refractivity contribution >= 4 is 49.4 Å². The van der Waals surface area contributed by atoms with Crippen molar-refractivity contribution in [3.63, 3.8) is 0 Å². The number of halogens is 2. The van der Waals surface area contributed by atoms with E-state index in [1.807, 2.05) is 0 Å². The van der Waals surface area contributed by atoms with Crippen LogP contribution in [0.1, 0.15) is 45.2 Å². The van der Waals surface area contributed by atoms with Crippen LogP contribution in [0.2, 0.25) is 0 Å². The predicted molar refractivity (Wildman–Crippen MR) is 164 cm³/mol. The molecule has 9 nitrogen and oxygen atoms in total. The number of carbonyl (C=O) groups excluding carboxylic acids is 2. The number of hydrogen-bond donors (Lipinski definition) is 2. The van der Waals surface area contributed by atoms with Crippen LogP contribution in [0.5, 0.6) is 0 Å². The first-order valence-corrected chi connectivity index (χ1v) is 15.9. The van der Waals surface area contributed by atoms with E-state index in [1.165, 1.54) is 50.5 Å². The molecule has 44 heavy (non-hydrogen) atoms. The third-order valence-electron chi connectivity index (χ3n) is 8.20. The lowest BCUT2D eigenvalue weighted by Gasteiger charge is -2.34. The van der Waals surface area contributed by atoms with Gasteiger partial charge in [-0.25, -0.2) is 17.2 Å². The van der Waals surface area contributed by atoms with Gasteiger partial charge in [0, 0.05) is 61.0 Å². The number of benzene rings is 3. The molecular formula is C32H30F2N4O5S. The van der Waals surface area contributed by atoms with Crippen molar-refractivity contribution in [2.24, 2.45) is 0 Å². The SMILES string of the molecule is CNC(=O)c1c(-c2ccc(F)cc2)oc2cc(N(C)S(C)(=O)=O)c([C@H]3CCCN(C(=O)c4cc5cc(F)ccc5[nH]4)C3)cc12. The monoisotopic (exact) mass is 620 g/mol. The van der Waals surface area contributed by atoms with E-state index in [4.69, 9.17) is 4.42 Å². The molecule has 1 saturated heterocycles. The Hall–Kier alpha value is -4.71. The van der Waals surface area contributed by atoms with E-state index in [0.29, 0.717) is 58.2 Å². The van der Waals surface area contributed by atoms with Crippen LogP contribution in [-0.4, -0.2) is 63.6 Å². The number of likely N-dealkylation sites (tertiary alicyclic amines) is 1. The van der Waals surface area contributed by atoms with Crippen molar-refractivity contribution in [3.8, 4) is 11.3 Å². The fourth-order valence-corrected chi connectivity index (χ4v) is 6.40. The van der Waals surface area contributed by atoms with Crippen molar-refractivity contribution in [2.45, 2.75) is 18.8 Å². The molecule has 0 saturated carbocycles. The molecule has 6 rings (SSSR count). The molecule has 3 aromatic carbocycles. The summed E-state index contributed by atoms with van der Waals surface area (Å²) in [5.41, 5.74) is 2.97. The summed E-state index contributed by atoms with van der Waals surface area (Å²) in [6, 6.07) is 14.8. The number of nitrogens with one attached hydrogen (secondary N) is 2. The van der Waals surface area contributed by atoms with Crippen molar-refractivity contribution in [1.82, 2.24) is 15.2 Å². The normalized spacial score (nSPS) is 15.6. The van der Waals surface area contributed by atoms with Gasteiger partial charge in [-0.05, 0) is 73.0 Å². The van der Waals surface area contributed by atoms with Gasteiger partial charge in [0.2, 0.25) is 10.0 Å². The number of fused-ring (bicyclic) bond motifs is 2. The highest BCUT2D eigenvalue weighted by Crippen LogP contribution is 2.42. The van der Waals surface area contributed by atoms with E-state index in [0.717, 1.165) is 10.6 Å². The van der Waals surface area contributed by atoms with Gasteiger partial charge in [-0.2, -0.15) is 0 Å². The molecule has 1 fully saturated rings. The first-order chi connectivity index (χ1) is 20.9. The summed E-state index contributed by atoms with van der Waals surface area (Å²) in [5.74, 6) is -1.57. The lowest BCUT2D eigenvalue weighted by Crippen LogP contribution is -2.39. The third-order valence-corrected chi connectivity index (χ3v) is 9.39. The number of H-pyrrole nitrogens is 1. The summed E-state index contributed by atoms with van der Waals surface area (Å²) in [6.07, 6.45) is 2.41. The quantitative estimate of drug-likeness (QED) is 0.255. The number of piperidine rings is 1. The number of sulfonamides is 1. The molecule has 3 heterocycles. The minimum absolute atomic E-state index is 0.222. The first-order valence-electron chi connectivity index (χ1n) is 14.0. The number of hydrogen-bond acceptors (Lipinski definition) is 5. The maximum Gasteiger partial charge on any atom is 0.270 e. The Morgan fingerprint density at radius 2 is 1.77 bits per heavy atom. The maximum atomic E-state index is 13.8. The van der Waals surface area contributed by atoms with Crippen LogP contribution < -0.4 is 9.62 Å². The second-order valence-electron chi connectivity index (χ2n) is 11.0. The highest BCUT2D eigenvalue weighted by molar-refractivity contribution is 7.92. The molecule has 0 bridgehead atoms. The Morgan fingerprint density at radius 3 is 2.48 bits per heavy atom. The van der Waals surface area contributed by atoms with Crippen LogP contribution in [-0.2, 0) is 10.0 Å². The lowest BCUT2D eigenvalue weighted by atomic mass is 9.88. The fourth-order valence-electron chi connectivity index (χ4n) is 5.89. The third kappa shape index (κ3) is 5.30. The number of aromatic amines is 1. The van der Waals surface area contributed by atoms with Gasteiger partial charge in [0.1, 0.15) is 28.7 Å². The van der Waals surface area contributed by atoms with Gasteiger partial charge in [-0.3, -0.25) is 13.9 Å². The minimum atomic E-state index is -3.70. The number of rotatable bonds is 6.